The molecular formula is C16H15FN2O3S. The molecule has 23 heavy (non-hydrogen) atoms. The SMILES string of the molecule is CCOC(=O)CSC1=C(C#N)C(c2ccccc2F)CC(=O)N1. The lowest BCUT2D eigenvalue weighted by Gasteiger charge is -2.25. The Labute approximate surface area is 137 Å². The zero-order valence-corrected chi connectivity index (χ0v) is 13.3. The first-order valence-electron chi connectivity index (χ1n) is 7.03. The van der Waals surface area contributed by atoms with E-state index in [2.05, 4.69) is 5.32 Å². The van der Waals surface area contributed by atoms with Gasteiger partial charge in [0.2, 0.25) is 5.91 Å². The molecule has 1 unspecified atom stereocenters. The molecule has 1 atom stereocenters. The number of thioether (sulfide) groups is 1. The van der Waals surface area contributed by atoms with Crippen LogP contribution in [0.3, 0.4) is 0 Å². The smallest absolute Gasteiger partial charge is 0.316 e. The number of nitrogens with one attached hydrogen (secondary N) is 1. The molecule has 0 radical (unpaired) electrons. The van der Waals surface area contributed by atoms with Crippen molar-refractivity contribution in [3.63, 3.8) is 0 Å². The molecule has 1 heterocycles. The third kappa shape index (κ3) is 4.11. The monoisotopic (exact) mass is 334 g/mol. The summed E-state index contributed by atoms with van der Waals surface area (Å²) in [6, 6.07) is 8.09. The fourth-order valence-corrected chi connectivity index (χ4v) is 3.17. The van der Waals surface area contributed by atoms with E-state index in [4.69, 9.17) is 4.74 Å². The van der Waals surface area contributed by atoms with E-state index in [0.717, 1.165) is 11.8 Å². The molecule has 0 spiro atoms. The Morgan fingerprint density at radius 3 is 2.91 bits per heavy atom. The Morgan fingerprint density at radius 1 is 1.52 bits per heavy atom. The summed E-state index contributed by atoms with van der Waals surface area (Å²) in [6.07, 6.45) is -0.00665. The number of ether oxygens (including phenoxy) is 1. The number of hydrogen-bond donors (Lipinski definition) is 1. The standard InChI is InChI=1S/C16H15FN2O3S/c1-2-22-15(21)9-23-16-12(8-18)11(7-14(20)19-16)10-5-3-4-6-13(10)17/h3-6,11H,2,7,9H2,1H3,(H,19,20). The van der Waals surface area contributed by atoms with E-state index in [1.807, 2.05) is 6.07 Å². The van der Waals surface area contributed by atoms with Crippen LogP contribution in [0.1, 0.15) is 24.8 Å². The van der Waals surface area contributed by atoms with Crippen molar-refractivity contribution < 1.29 is 18.7 Å². The van der Waals surface area contributed by atoms with Crippen molar-refractivity contribution >= 4 is 23.6 Å². The van der Waals surface area contributed by atoms with Gasteiger partial charge in [-0.05, 0) is 18.6 Å². The molecule has 0 aliphatic carbocycles. The predicted octanol–water partition coefficient (Wildman–Crippen LogP) is 2.46. The molecular weight excluding hydrogens is 319 g/mol. The van der Waals surface area contributed by atoms with E-state index in [9.17, 15) is 19.2 Å². The van der Waals surface area contributed by atoms with Gasteiger partial charge in [0.15, 0.2) is 0 Å². The van der Waals surface area contributed by atoms with Crippen LogP contribution in [0, 0.1) is 17.1 Å². The number of halogens is 1. The second kappa shape index (κ2) is 7.79. The summed E-state index contributed by atoms with van der Waals surface area (Å²) in [5, 5.41) is 12.3. The Morgan fingerprint density at radius 2 is 2.26 bits per heavy atom. The first-order valence-corrected chi connectivity index (χ1v) is 8.02. The first-order chi connectivity index (χ1) is 11.1. The highest BCUT2D eigenvalue weighted by molar-refractivity contribution is 8.03. The fraction of sp³-hybridized carbons (Fsp3) is 0.312. The molecule has 1 aliphatic heterocycles. The lowest BCUT2D eigenvalue weighted by molar-refractivity contribution is -0.139. The minimum absolute atomic E-state index is 0.00665. The van der Waals surface area contributed by atoms with Crippen LogP contribution in [-0.2, 0) is 14.3 Å². The third-order valence-electron chi connectivity index (χ3n) is 3.28. The van der Waals surface area contributed by atoms with E-state index >= 15 is 0 Å². The van der Waals surface area contributed by atoms with Crippen LogP contribution in [-0.4, -0.2) is 24.2 Å². The summed E-state index contributed by atoms with van der Waals surface area (Å²) in [5.74, 6) is -1.90. The Hall–Kier alpha value is -2.33. The van der Waals surface area contributed by atoms with Crippen LogP contribution in [0.2, 0.25) is 0 Å². The van der Waals surface area contributed by atoms with E-state index in [1.165, 1.54) is 6.07 Å². The molecule has 5 nitrogen and oxygen atoms in total. The van der Waals surface area contributed by atoms with Crippen LogP contribution in [0.5, 0.6) is 0 Å². The highest BCUT2D eigenvalue weighted by Crippen LogP contribution is 2.36. The van der Waals surface area contributed by atoms with Crippen LogP contribution in [0.15, 0.2) is 34.9 Å². The van der Waals surface area contributed by atoms with Crippen LogP contribution >= 0.6 is 11.8 Å². The van der Waals surface area contributed by atoms with E-state index in [1.54, 1.807) is 25.1 Å². The third-order valence-corrected chi connectivity index (χ3v) is 4.27. The quantitative estimate of drug-likeness (QED) is 0.837. The van der Waals surface area contributed by atoms with Gasteiger partial charge < -0.3 is 10.1 Å². The summed E-state index contributed by atoms with van der Waals surface area (Å²) < 4.78 is 18.8. The number of benzene rings is 1. The van der Waals surface area contributed by atoms with Gasteiger partial charge in [0.05, 0.1) is 29.0 Å². The van der Waals surface area contributed by atoms with Crippen molar-refractivity contribution in [3.05, 3.63) is 46.2 Å². The maximum atomic E-state index is 14.0. The number of amides is 1. The minimum Gasteiger partial charge on any atom is -0.465 e. The molecule has 1 N–H and O–H groups in total. The molecule has 1 aliphatic rings. The number of rotatable bonds is 5. The van der Waals surface area contributed by atoms with Crippen molar-refractivity contribution in [1.82, 2.24) is 5.32 Å². The Balaban J connectivity index is 2.30. The highest BCUT2D eigenvalue weighted by atomic mass is 32.2. The van der Waals surface area contributed by atoms with Crippen molar-refractivity contribution in [3.8, 4) is 6.07 Å². The molecule has 1 aromatic rings. The lowest BCUT2D eigenvalue weighted by Crippen LogP contribution is -2.31. The average molecular weight is 334 g/mol. The first kappa shape index (κ1) is 17.0. The van der Waals surface area contributed by atoms with Gasteiger partial charge in [-0.3, -0.25) is 9.59 Å². The molecule has 0 aromatic heterocycles. The average Bonchev–Trinajstić information content (AvgIpc) is 2.53. The number of allylic oxidation sites excluding steroid dienone is 1. The lowest BCUT2D eigenvalue weighted by atomic mass is 9.87. The highest BCUT2D eigenvalue weighted by Gasteiger charge is 2.31. The summed E-state index contributed by atoms with van der Waals surface area (Å²) in [6.45, 7) is 1.95. The molecule has 2 rings (SSSR count). The molecule has 0 saturated heterocycles. The van der Waals surface area contributed by atoms with Gasteiger partial charge in [0.25, 0.3) is 0 Å². The molecule has 1 amide bonds. The zero-order valence-electron chi connectivity index (χ0n) is 12.5. The minimum atomic E-state index is -0.653. The van der Waals surface area contributed by atoms with E-state index < -0.39 is 17.7 Å². The fourth-order valence-electron chi connectivity index (χ4n) is 2.29. The maximum Gasteiger partial charge on any atom is 0.316 e. The number of carbonyl (C=O) groups excluding carboxylic acids is 2. The summed E-state index contributed by atoms with van der Waals surface area (Å²) in [5.41, 5.74) is 0.553. The van der Waals surface area contributed by atoms with Gasteiger partial charge in [-0.15, -0.1) is 0 Å². The maximum absolute atomic E-state index is 14.0. The van der Waals surface area contributed by atoms with Crippen molar-refractivity contribution in [2.24, 2.45) is 0 Å². The predicted molar refractivity (Wildman–Crippen MR) is 83.6 cm³/mol. The molecule has 1 aromatic carbocycles. The van der Waals surface area contributed by atoms with Crippen LogP contribution in [0.4, 0.5) is 4.39 Å². The second-order valence-electron chi connectivity index (χ2n) is 4.77. The summed E-state index contributed by atoms with van der Waals surface area (Å²) >= 11 is 1.01. The van der Waals surface area contributed by atoms with Gasteiger partial charge in [-0.2, -0.15) is 5.26 Å². The summed E-state index contributed by atoms with van der Waals surface area (Å²) in [7, 11) is 0. The normalized spacial score (nSPS) is 17.4. The molecule has 7 heteroatoms. The zero-order chi connectivity index (χ0) is 16.8. The molecule has 0 bridgehead atoms. The van der Waals surface area contributed by atoms with Gasteiger partial charge in [0.1, 0.15) is 5.82 Å². The largest absolute Gasteiger partial charge is 0.465 e. The number of nitriles is 1. The number of nitrogens with zero attached hydrogens (tertiary/aromatic N) is 1. The van der Waals surface area contributed by atoms with E-state index in [-0.39, 0.29) is 35.3 Å². The second-order valence-corrected chi connectivity index (χ2v) is 5.76. The molecule has 0 saturated carbocycles. The van der Waals surface area contributed by atoms with Gasteiger partial charge >= 0.3 is 5.97 Å². The Kier molecular flexibility index (Phi) is 5.77. The van der Waals surface area contributed by atoms with Crippen molar-refractivity contribution in [2.75, 3.05) is 12.4 Å². The van der Waals surface area contributed by atoms with Crippen molar-refractivity contribution in [1.29, 1.82) is 5.26 Å². The molecule has 120 valence electrons. The van der Waals surface area contributed by atoms with Crippen LogP contribution < -0.4 is 5.32 Å². The van der Waals surface area contributed by atoms with Gasteiger partial charge in [0, 0.05) is 12.3 Å². The summed E-state index contributed by atoms with van der Waals surface area (Å²) in [4.78, 5) is 23.3. The Bertz CT molecular complexity index is 697. The number of carbonyl (C=O) groups is 2. The van der Waals surface area contributed by atoms with Crippen molar-refractivity contribution in [2.45, 2.75) is 19.3 Å². The van der Waals surface area contributed by atoms with Gasteiger partial charge in [-0.25, -0.2) is 4.39 Å². The molecule has 0 fully saturated rings. The number of hydrogen-bond acceptors (Lipinski definition) is 5. The van der Waals surface area contributed by atoms with Gasteiger partial charge in [-0.1, -0.05) is 30.0 Å². The number of esters is 1. The topological polar surface area (TPSA) is 79.2 Å². The van der Waals surface area contributed by atoms with Crippen LogP contribution in [0.25, 0.3) is 0 Å². The van der Waals surface area contributed by atoms with E-state index in [0.29, 0.717) is 5.56 Å².